The average Bonchev–Trinajstić information content (AvgIpc) is 3.05. The molecule has 7 nitrogen and oxygen atoms in total. The van der Waals surface area contributed by atoms with E-state index in [0.29, 0.717) is 11.3 Å². The first kappa shape index (κ1) is 16.5. The number of rotatable bonds is 5. The second-order valence-electron chi connectivity index (χ2n) is 5.41. The van der Waals surface area contributed by atoms with Crippen LogP contribution in [-0.2, 0) is 4.79 Å². The lowest BCUT2D eigenvalue weighted by atomic mass is 10.1. The fourth-order valence-corrected chi connectivity index (χ4v) is 2.65. The van der Waals surface area contributed by atoms with Gasteiger partial charge >= 0.3 is 0 Å². The molecule has 1 aromatic carbocycles. The zero-order valence-electron chi connectivity index (χ0n) is 12.8. The van der Waals surface area contributed by atoms with Crippen LogP contribution in [0.5, 0.6) is 0 Å². The van der Waals surface area contributed by atoms with Crippen molar-refractivity contribution in [2.75, 3.05) is 12.4 Å². The normalized spacial score (nSPS) is 15.0. The molecule has 2 N–H and O–H groups in total. The summed E-state index contributed by atoms with van der Waals surface area (Å²) in [6.07, 6.45) is 5.37. The van der Waals surface area contributed by atoms with Gasteiger partial charge in [-0.2, -0.15) is 5.26 Å². The predicted octanol–water partition coefficient (Wildman–Crippen LogP) is 2.60. The molecule has 1 aromatic rings. The van der Waals surface area contributed by atoms with Gasteiger partial charge in [0, 0.05) is 19.2 Å². The second kappa shape index (κ2) is 7.40. The molecule has 1 saturated carbocycles. The molecule has 7 heteroatoms. The summed E-state index contributed by atoms with van der Waals surface area (Å²) in [6, 6.07) is 6.49. The predicted molar refractivity (Wildman–Crippen MR) is 86.6 cm³/mol. The van der Waals surface area contributed by atoms with Crippen LogP contribution < -0.4 is 10.6 Å². The molecule has 1 fully saturated rings. The number of amides is 1. The topological polar surface area (TPSA) is 108 Å². The van der Waals surface area contributed by atoms with E-state index in [9.17, 15) is 20.2 Å². The van der Waals surface area contributed by atoms with Crippen LogP contribution in [0.2, 0.25) is 0 Å². The summed E-state index contributed by atoms with van der Waals surface area (Å²) >= 11 is 0. The van der Waals surface area contributed by atoms with E-state index >= 15 is 0 Å². The monoisotopic (exact) mass is 314 g/mol. The number of carbonyl (C=O) groups is 1. The van der Waals surface area contributed by atoms with Crippen molar-refractivity contribution in [3.63, 3.8) is 0 Å². The highest BCUT2D eigenvalue weighted by Crippen LogP contribution is 2.26. The van der Waals surface area contributed by atoms with Gasteiger partial charge in [0.1, 0.15) is 17.3 Å². The van der Waals surface area contributed by atoms with Gasteiger partial charge in [-0.15, -0.1) is 0 Å². The van der Waals surface area contributed by atoms with E-state index in [1.165, 1.54) is 12.1 Å². The lowest BCUT2D eigenvalue weighted by Gasteiger charge is -2.11. The minimum atomic E-state index is -0.506. The minimum absolute atomic E-state index is 0.0524. The molecule has 1 amide bonds. The summed E-state index contributed by atoms with van der Waals surface area (Å²) in [6.45, 7) is 0. The Morgan fingerprint density at radius 3 is 2.70 bits per heavy atom. The molecule has 0 spiro atoms. The smallest absolute Gasteiger partial charge is 0.292 e. The number of nitro benzene ring substituents is 1. The number of benzene rings is 1. The largest absolute Gasteiger partial charge is 0.383 e. The lowest BCUT2D eigenvalue weighted by Crippen LogP contribution is -2.33. The van der Waals surface area contributed by atoms with Crippen molar-refractivity contribution < 1.29 is 9.72 Å². The Morgan fingerprint density at radius 1 is 1.43 bits per heavy atom. The Bertz CT molecular complexity index is 685. The zero-order chi connectivity index (χ0) is 16.8. The van der Waals surface area contributed by atoms with Crippen molar-refractivity contribution in [1.29, 1.82) is 5.26 Å². The van der Waals surface area contributed by atoms with Gasteiger partial charge in [-0.05, 0) is 30.5 Å². The Morgan fingerprint density at radius 2 is 2.13 bits per heavy atom. The van der Waals surface area contributed by atoms with Crippen molar-refractivity contribution in [1.82, 2.24) is 5.32 Å². The Kier molecular flexibility index (Phi) is 5.31. The van der Waals surface area contributed by atoms with Crippen LogP contribution in [0.15, 0.2) is 23.8 Å². The molecule has 23 heavy (non-hydrogen) atoms. The molecular formula is C16H18N4O3. The maximum Gasteiger partial charge on any atom is 0.292 e. The number of anilines is 1. The third kappa shape index (κ3) is 4.07. The third-order valence-corrected chi connectivity index (χ3v) is 3.85. The molecule has 0 unspecified atom stereocenters. The highest BCUT2D eigenvalue weighted by atomic mass is 16.6. The van der Waals surface area contributed by atoms with Crippen LogP contribution in [0.25, 0.3) is 6.08 Å². The fraction of sp³-hybridized carbons (Fsp3) is 0.375. The van der Waals surface area contributed by atoms with Gasteiger partial charge in [-0.1, -0.05) is 18.9 Å². The van der Waals surface area contributed by atoms with Crippen molar-refractivity contribution in [2.45, 2.75) is 31.7 Å². The molecule has 2 rings (SSSR count). The molecule has 120 valence electrons. The number of hydrogen-bond acceptors (Lipinski definition) is 5. The first-order chi connectivity index (χ1) is 11.0. The molecular weight excluding hydrogens is 296 g/mol. The number of carbonyl (C=O) groups excluding carboxylic acids is 1. The maximum absolute atomic E-state index is 12.1. The van der Waals surface area contributed by atoms with Crippen molar-refractivity contribution in [3.8, 4) is 6.07 Å². The number of nitriles is 1. The highest BCUT2D eigenvalue weighted by molar-refractivity contribution is 6.02. The van der Waals surface area contributed by atoms with E-state index in [4.69, 9.17) is 0 Å². The van der Waals surface area contributed by atoms with E-state index in [1.807, 2.05) is 6.07 Å². The van der Waals surface area contributed by atoms with E-state index < -0.39 is 10.8 Å². The van der Waals surface area contributed by atoms with Gasteiger partial charge in [0.15, 0.2) is 0 Å². The summed E-state index contributed by atoms with van der Waals surface area (Å²) < 4.78 is 0. The van der Waals surface area contributed by atoms with Gasteiger partial charge in [-0.3, -0.25) is 14.9 Å². The molecule has 0 radical (unpaired) electrons. The van der Waals surface area contributed by atoms with Crippen LogP contribution in [0.4, 0.5) is 11.4 Å². The minimum Gasteiger partial charge on any atom is -0.383 e. The summed E-state index contributed by atoms with van der Waals surface area (Å²) in [5.74, 6) is -0.431. The third-order valence-electron chi connectivity index (χ3n) is 3.85. The van der Waals surface area contributed by atoms with Crippen LogP contribution >= 0.6 is 0 Å². The van der Waals surface area contributed by atoms with Gasteiger partial charge in [0.25, 0.3) is 11.6 Å². The number of nitrogens with zero attached hydrogens (tertiary/aromatic N) is 2. The highest BCUT2D eigenvalue weighted by Gasteiger charge is 2.20. The molecule has 1 aliphatic rings. The van der Waals surface area contributed by atoms with Gasteiger partial charge in [-0.25, -0.2) is 0 Å². The first-order valence-corrected chi connectivity index (χ1v) is 7.44. The van der Waals surface area contributed by atoms with Gasteiger partial charge in [0.05, 0.1) is 4.92 Å². The lowest BCUT2D eigenvalue weighted by molar-refractivity contribution is -0.384. The molecule has 0 atom stereocenters. The fourth-order valence-electron chi connectivity index (χ4n) is 2.65. The molecule has 0 saturated heterocycles. The number of nitro groups is 1. The second-order valence-corrected chi connectivity index (χ2v) is 5.41. The molecule has 0 aliphatic heterocycles. The molecule has 0 heterocycles. The standard InChI is InChI=1S/C16H18N4O3/c1-18-14-7-6-11(9-15(14)20(22)23)8-12(10-17)16(21)19-13-4-2-3-5-13/h6-9,13,18H,2-5H2,1H3,(H,19,21)/b12-8+. The summed E-state index contributed by atoms with van der Waals surface area (Å²) in [5, 5.41) is 25.8. The molecule has 1 aliphatic carbocycles. The zero-order valence-corrected chi connectivity index (χ0v) is 12.8. The van der Waals surface area contributed by atoms with E-state index in [-0.39, 0.29) is 17.3 Å². The quantitative estimate of drug-likeness (QED) is 0.376. The van der Waals surface area contributed by atoms with E-state index in [1.54, 1.807) is 19.2 Å². The summed E-state index contributed by atoms with van der Waals surface area (Å²) in [4.78, 5) is 22.7. The maximum atomic E-state index is 12.1. The average molecular weight is 314 g/mol. The Labute approximate surface area is 134 Å². The van der Waals surface area contributed by atoms with Crippen LogP contribution in [0.1, 0.15) is 31.2 Å². The van der Waals surface area contributed by atoms with Crippen molar-refractivity contribution >= 4 is 23.4 Å². The van der Waals surface area contributed by atoms with E-state index in [0.717, 1.165) is 25.7 Å². The van der Waals surface area contributed by atoms with Crippen LogP contribution in [0, 0.1) is 21.4 Å². The van der Waals surface area contributed by atoms with Crippen LogP contribution in [-0.4, -0.2) is 23.9 Å². The first-order valence-electron chi connectivity index (χ1n) is 7.44. The van der Waals surface area contributed by atoms with Crippen LogP contribution in [0.3, 0.4) is 0 Å². The van der Waals surface area contributed by atoms with Gasteiger partial charge < -0.3 is 10.6 Å². The van der Waals surface area contributed by atoms with Crippen molar-refractivity contribution in [3.05, 3.63) is 39.4 Å². The Balaban J connectivity index is 2.23. The van der Waals surface area contributed by atoms with Crippen molar-refractivity contribution in [2.24, 2.45) is 0 Å². The number of nitrogens with one attached hydrogen (secondary N) is 2. The van der Waals surface area contributed by atoms with E-state index in [2.05, 4.69) is 10.6 Å². The Hall–Kier alpha value is -2.88. The summed E-state index contributed by atoms with van der Waals surface area (Å²) in [5.41, 5.74) is 0.660. The van der Waals surface area contributed by atoms with Gasteiger partial charge in [0.2, 0.25) is 0 Å². The SMILES string of the molecule is CNc1ccc(/C=C(\C#N)C(=O)NC2CCCC2)cc1[N+](=O)[O-]. The molecule has 0 aromatic heterocycles. The summed E-state index contributed by atoms with van der Waals surface area (Å²) in [7, 11) is 1.59. The number of hydrogen-bond donors (Lipinski definition) is 2. The molecule has 0 bridgehead atoms.